The molecule has 9 nitrogen and oxygen atoms in total. The molecular formula is C21H20ClN9. The zero-order chi connectivity index (χ0) is 21.1. The first-order valence-corrected chi connectivity index (χ1v) is 10.4. The van der Waals surface area contributed by atoms with Crippen molar-refractivity contribution >= 4 is 34.5 Å². The highest BCUT2D eigenvalue weighted by molar-refractivity contribution is 6.30. The normalized spacial score (nSPS) is 17.9. The number of anilines is 1. The fraction of sp³-hybridized carbons (Fsp3) is 0.238. The first-order chi connectivity index (χ1) is 15.1. The highest BCUT2D eigenvalue weighted by Gasteiger charge is 2.36. The third-order valence-electron chi connectivity index (χ3n) is 5.71. The van der Waals surface area contributed by atoms with Crippen molar-refractivity contribution in [1.82, 2.24) is 29.7 Å². The van der Waals surface area contributed by atoms with Crippen LogP contribution in [-0.2, 0) is 0 Å². The van der Waals surface area contributed by atoms with Crippen LogP contribution in [0.4, 0.5) is 5.95 Å². The van der Waals surface area contributed by atoms with Crippen LogP contribution in [0.15, 0.2) is 53.5 Å². The molecule has 2 aliphatic rings. The Morgan fingerprint density at radius 3 is 2.52 bits per heavy atom. The minimum absolute atomic E-state index is 0.139. The summed E-state index contributed by atoms with van der Waals surface area (Å²) >= 11 is 6.14. The zero-order valence-electron chi connectivity index (χ0n) is 17.1. The van der Waals surface area contributed by atoms with Gasteiger partial charge in [-0.3, -0.25) is 14.5 Å². The summed E-state index contributed by atoms with van der Waals surface area (Å²) in [5, 5.41) is 14.8. The van der Waals surface area contributed by atoms with E-state index in [1.54, 1.807) is 0 Å². The van der Waals surface area contributed by atoms with Gasteiger partial charge < -0.3 is 5.32 Å². The van der Waals surface area contributed by atoms with Crippen LogP contribution in [0.1, 0.15) is 23.4 Å². The summed E-state index contributed by atoms with van der Waals surface area (Å²) in [5.74, 6) is 3.29. The molecule has 0 saturated carbocycles. The monoisotopic (exact) mass is 433 g/mol. The fourth-order valence-corrected chi connectivity index (χ4v) is 4.46. The van der Waals surface area contributed by atoms with E-state index in [2.05, 4.69) is 36.1 Å². The third-order valence-corrected chi connectivity index (χ3v) is 5.96. The van der Waals surface area contributed by atoms with Gasteiger partial charge in [0.2, 0.25) is 11.9 Å². The summed E-state index contributed by atoms with van der Waals surface area (Å²) in [5.41, 5.74) is 3.08. The smallest absolute Gasteiger partial charge is 0.217 e. The molecule has 0 bridgehead atoms. The first kappa shape index (κ1) is 18.2. The Morgan fingerprint density at radius 1 is 1.00 bits per heavy atom. The van der Waals surface area contributed by atoms with E-state index in [-0.39, 0.29) is 6.17 Å². The van der Waals surface area contributed by atoms with E-state index in [1.807, 2.05) is 61.0 Å². The number of hydrogen-bond acceptors (Lipinski definition) is 7. The number of imidazole rings is 1. The molecule has 1 atom stereocenters. The number of para-hydroxylation sites is 2. The Kier molecular flexibility index (Phi) is 3.94. The second-order valence-corrected chi connectivity index (χ2v) is 8.11. The van der Waals surface area contributed by atoms with Gasteiger partial charge in [-0.25, -0.2) is 14.7 Å². The van der Waals surface area contributed by atoms with Crippen molar-refractivity contribution in [2.45, 2.75) is 20.0 Å². The van der Waals surface area contributed by atoms with Crippen molar-refractivity contribution in [3.63, 3.8) is 0 Å². The number of rotatable bonds is 2. The summed E-state index contributed by atoms with van der Waals surface area (Å²) < 4.78 is 4.21. The molecular weight excluding hydrogens is 414 g/mol. The number of fused-ring (bicyclic) bond motifs is 5. The molecule has 2 aromatic heterocycles. The van der Waals surface area contributed by atoms with E-state index >= 15 is 0 Å². The number of aryl methyl sites for hydroxylation is 2. The van der Waals surface area contributed by atoms with Gasteiger partial charge in [-0.2, -0.15) is 0 Å². The van der Waals surface area contributed by atoms with Gasteiger partial charge in [0.05, 0.1) is 11.0 Å². The third kappa shape index (κ3) is 2.77. The molecule has 31 heavy (non-hydrogen) atoms. The molecule has 0 fully saturated rings. The van der Waals surface area contributed by atoms with Crippen molar-refractivity contribution in [2.75, 3.05) is 23.2 Å². The quantitative estimate of drug-likeness (QED) is 0.523. The van der Waals surface area contributed by atoms with Crippen LogP contribution >= 0.6 is 11.6 Å². The lowest BCUT2D eigenvalue weighted by molar-refractivity contribution is 0.488. The predicted octanol–water partition coefficient (Wildman–Crippen LogP) is 2.78. The van der Waals surface area contributed by atoms with Gasteiger partial charge in [0.15, 0.2) is 0 Å². The lowest BCUT2D eigenvalue weighted by Gasteiger charge is -2.42. The minimum Gasteiger partial charge on any atom is -0.331 e. The number of nitrogens with one attached hydrogen (secondary N) is 1. The summed E-state index contributed by atoms with van der Waals surface area (Å²) in [7, 11) is 0. The van der Waals surface area contributed by atoms with Crippen LogP contribution in [0.2, 0.25) is 5.02 Å². The van der Waals surface area contributed by atoms with Crippen LogP contribution in [0, 0.1) is 13.8 Å². The van der Waals surface area contributed by atoms with E-state index in [9.17, 15) is 0 Å². The van der Waals surface area contributed by atoms with Crippen LogP contribution in [-0.4, -0.2) is 43.7 Å². The maximum absolute atomic E-state index is 6.14. The maximum Gasteiger partial charge on any atom is 0.217 e. The number of hydrogen-bond donors (Lipinski definition) is 1. The van der Waals surface area contributed by atoms with E-state index in [1.165, 1.54) is 0 Å². The Balaban J connectivity index is 1.49. The van der Waals surface area contributed by atoms with Crippen molar-refractivity contribution < 1.29 is 0 Å². The number of benzene rings is 2. The number of aromatic nitrogens is 5. The molecule has 0 saturated heterocycles. The fourth-order valence-electron chi connectivity index (χ4n) is 4.33. The molecule has 4 heterocycles. The molecule has 0 spiro atoms. The SMILES string of the molecule is Cc1nnc(C)n1N1CN=C2N[C@@H](c3ccc(Cl)cc3)n3c(nc4ccccc43)N2C1. The minimum atomic E-state index is -0.139. The molecule has 6 rings (SSSR count). The standard InChI is InChI=1S/C21H20ClN9/c1-13-26-27-14(2)31(13)28-11-23-20-25-19(15-7-9-16(22)10-8-15)30-18-6-4-3-5-17(18)24-21(30)29(20)12-28/h3-10,19H,11-12H2,1-2H3,(H,23,25)/t19-/m1/s1. The van der Waals surface area contributed by atoms with E-state index in [4.69, 9.17) is 21.6 Å². The largest absolute Gasteiger partial charge is 0.331 e. The van der Waals surface area contributed by atoms with Gasteiger partial charge in [0.1, 0.15) is 31.2 Å². The van der Waals surface area contributed by atoms with Gasteiger partial charge >= 0.3 is 0 Å². The maximum atomic E-state index is 6.14. The van der Waals surface area contributed by atoms with Crippen molar-refractivity contribution in [1.29, 1.82) is 0 Å². The molecule has 10 heteroatoms. The number of aliphatic imine (C=N–C) groups is 1. The topological polar surface area (TPSA) is 79.4 Å². The average Bonchev–Trinajstić information content (AvgIpc) is 3.33. The lowest BCUT2D eigenvalue weighted by atomic mass is 10.1. The molecule has 0 radical (unpaired) electrons. The summed E-state index contributed by atoms with van der Waals surface area (Å²) in [6.45, 7) is 4.95. The molecule has 1 N–H and O–H groups in total. The number of guanidine groups is 1. The second kappa shape index (κ2) is 6.71. The predicted molar refractivity (Wildman–Crippen MR) is 120 cm³/mol. The lowest BCUT2D eigenvalue weighted by Crippen LogP contribution is -2.59. The Labute approximate surface area is 183 Å². The van der Waals surface area contributed by atoms with E-state index in [0.29, 0.717) is 18.4 Å². The van der Waals surface area contributed by atoms with Gasteiger partial charge in [-0.05, 0) is 43.7 Å². The average molecular weight is 434 g/mol. The molecule has 2 aromatic carbocycles. The Bertz CT molecular complexity index is 1300. The molecule has 0 unspecified atom stereocenters. The molecule has 0 aliphatic carbocycles. The van der Waals surface area contributed by atoms with Crippen LogP contribution in [0.3, 0.4) is 0 Å². The zero-order valence-corrected chi connectivity index (χ0v) is 17.8. The van der Waals surface area contributed by atoms with Crippen LogP contribution in [0.25, 0.3) is 11.0 Å². The summed E-state index contributed by atoms with van der Waals surface area (Å²) in [6.07, 6.45) is -0.139. The summed E-state index contributed by atoms with van der Waals surface area (Å²) in [4.78, 5) is 11.9. The number of halogens is 1. The molecule has 4 aromatic rings. The number of nitrogens with zero attached hydrogens (tertiary/aromatic N) is 8. The van der Waals surface area contributed by atoms with Gasteiger partial charge in [-0.1, -0.05) is 35.9 Å². The highest BCUT2D eigenvalue weighted by Crippen LogP contribution is 2.34. The van der Waals surface area contributed by atoms with Crippen LogP contribution < -0.4 is 15.2 Å². The van der Waals surface area contributed by atoms with Gasteiger partial charge in [0, 0.05) is 5.02 Å². The molecule has 156 valence electrons. The van der Waals surface area contributed by atoms with Crippen molar-refractivity contribution in [3.05, 3.63) is 70.8 Å². The van der Waals surface area contributed by atoms with Crippen molar-refractivity contribution in [2.24, 2.45) is 4.99 Å². The van der Waals surface area contributed by atoms with Gasteiger partial charge in [-0.15, -0.1) is 10.2 Å². The Hall–Kier alpha value is -3.59. The van der Waals surface area contributed by atoms with E-state index < -0.39 is 0 Å². The first-order valence-electron chi connectivity index (χ1n) is 10.0. The van der Waals surface area contributed by atoms with Crippen molar-refractivity contribution in [3.8, 4) is 0 Å². The van der Waals surface area contributed by atoms with Crippen LogP contribution in [0.5, 0.6) is 0 Å². The van der Waals surface area contributed by atoms with Gasteiger partial charge in [0.25, 0.3) is 0 Å². The molecule has 0 amide bonds. The Morgan fingerprint density at radius 2 is 1.74 bits per heavy atom. The second-order valence-electron chi connectivity index (χ2n) is 7.67. The summed E-state index contributed by atoms with van der Waals surface area (Å²) in [6, 6.07) is 16.1. The van der Waals surface area contributed by atoms with E-state index in [0.717, 1.165) is 40.2 Å². The highest BCUT2D eigenvalue weighted by atomic mass is 35.5. The molecule has 2 aliphatic heterocycles.